The smallest absolute Gasteiger partial charge is 0.256 e. The Hall–Kier alpha value is -3.41. The highest BCUT2D eigenvalue weighted by atomic mass is 19.1. The predicted molar refractivity (Wildman–Crippen MR) is 136 cm³/mol. The summed E-state index contributed by atoms with van der Waals surface area (Å²) in [5, 5.41) is 0.932. The average Bonchev–Trinajstić information content (AvgIpc) is 3.72. The monoisotopic (exact) mass is 485 g/mol. The van der Waals surface area contributed by atoms with Gasteiger partial charge in [-0.05, 0) is 105 Å². The molecule has 1 aromatic carbocycles. The van der Waals surface area contributed by atoms with Gasteiger partial charge in [-0.15, -0.1) is 0 Å². The molecule has 0 spiro atoms. The van der Waals surface area contributed by atoms with Crippen LogP contribution in [0, 0.1) is 18.6 Å². The van der Waals surface area contributed by atoms with E-state index in [4.69, 9.17) is 4.98 Å². The van der Waals surface area contributed by atoms with Gasteiger partial charge in [-0.25, -0.2) is 13.8 Å². The zero-order valence-corrected chi connectivity index (χ0v) is 20.4. The Bertz CT molecular complexity index is 1480. The first-order valence-electron chi connectivity index (χ1n) is 12.9. The molecule has 6 rings (SSSR count). The largest absolute Gasteiger partial charge is 0.286 e. The van der Waals surface area contributed by atoms with Crippen LogP contribution in [-0.2, 0) is 6.54 Å². The van der Waals surface area contributed by atoms with Crippen molar-refractivity contribution in [2.75, 3.05) is 0 Å². The second kappa shape index (κ2) is 9.23. The fourth-order valence-corrected chi connectivity index (χ4v) is 5.90. The second-order valence-electron chi connectivity index (χ2n) is 10.4. The Morgan fingerprint density at radius 1 is 0.861 bits per heavy atom. The molecule has 2 fully saturated rings. The molecule has 2 aliphatic carbocycles. The summed E-state index contributed by atoms with van der Waals surface area (Å²) in [5.74, 6) is -0.539. The normalized spacial score (nSPS) is 20.1. The molecule has 0 N–H and O–H groups in total. The van der Waals surface area contributed by atoms with Crippen LogP contribution in [0.3, 0.4) is 0 Å². The summed E-state index contributed by atoms with van der Waals surface area (Å²) in [6.07, 6.45) is 6.86. The van der Waals surface area contributed by atoms with E-state index in [1.165, 1.54) is 23.8 Å². The van der Waals surface area contributed by atoms with E-state index in [1.54, 1.807) is 10.8 Å². The number of pyridine rings is 3. The maximum absolute atomic E-state index is 14.4. The fraction of sp³-hybridized carbons (Fsp3) is 0.367. The second-order valence-corrected chi connectivity index (χ2v) is 10.4. The highest BCUT2D eigenvalue weighted by Crippen LogP contribution is 2.42. The minimum absolute atomic E-state index is 0.0338. The third-order valence-corrected chi connectivity index (χ3v) is 7.93. The van der Waals surface area contributed by atoms with Crippen LogP contribution in [0.4, 0.5) is 8.78 Å². The van der Waals surface area contributed by atoms with Gasteiger partial charge in [-0.1, -0.05) is 12.1 Å². The number of rotatable bonds is 5. The van der Waals surface area contributed by atoms with Crippen LogP contribution < -0.4 is 5.56 Å². The minimum Gasteiger partial charge on any atom is -0.286 e. The van der Waals surface area contributed by atoms with Crippen LogP contribution in [0.5, 0.6) is 0 Å². The van der Waals surface area contributed by atoms with E-state index in [9.17, 15) is 13.6 Å². The fourth-order valence-electron chi connectivity index (χ4n) is 5.90. The Morgan fingerprint density at radius 2 is 1.53 bits per heavy atom. The molecule has 0 amide bonds. The molecule has 3 aromatic heterocycles. The lowest BCUT2D eigenvalue weighted by Gasteiger charge is -2.29. The first-order chi connectivity index (χ1) is 17.5. The molecule has 0 unspecified atom stereocenters. The zero-order chi connectivity index (χ0) is 24.8. The zero-order valence-electron chi connectivity index (χ0n) is 20.4. The van der Waals surface area contributed by atoms with E-state index in [0.717, 1.165) is 48.0 Å². The first kappa shape index (κ1) is 23.0. The predicted octanol–water partition coefficient (Wildman–Crippen LogP) is 6.75. The van der Waals surface area contributed by atoms with Gasteiger partial charge in [0.2, 0.25) is 0 Å². The quantitative estimate of drug-likeness (QED) is 0.314. The molecule has 2 aliphatic rings. The van der Waals surface area contributed by atoms with Crippen LogP contribution in [0.15, 0.2) is 59.5 Å². The van der Waals surface area contributed by atoms with E-state index in [-0.39, 0.29) is 23.0 Å². The van der Waals surface area contributed by atoms with Gasteiger partial charge in [0, 0.05) is 28.4 Å². The Kier molecular flexibility index (Phi) is 5.90. The Morgan fingerprint density at radius 3 is 2.25 bits per heavy atom. The number of aromatic nitrogens is 3. The molecule has 0 atom stereocenters. The summed E-state index contributed by atoms with van der Waals surface area (Å²) in [6.45, 7) is 2.32. The van der Waals surface area contributed by atoms with Gasteiger partial charge in [0.1, 0.15) is 17.3 Å². The number of hydrogen-bond acceptors (Lipinski definition) is 3. The van der Waals surface area contributed by atoms with E-state index in [2.05, 4.69) is 11.1 Å². The van der Waals surface area contributed by atoms with Crippen molar-refractivity contribution in [1.29, 1.82) is 0 Å². The lowest BCUT2D eigenvalue weighted by atomic mass is 9.76. The van der Waals surface area contributed by atoms with E-state index in [1.807, 2.05) is 31.2 Å². The molecule has 0 bridgehead atoms. The van der Waals surface area contributed by atoms with Crippen molar-refractivity contribution >= 4 is 11.0 Å². The van der Waals surface area contributed by atoms with Crippen molar-refractivity contribution in [3.05, 3.63) is 105 Å². The summed E-state index contributed by atoms with van der Waals surface area (Å²) in [5.41, 5.74) is 4.62. The van der Waals surface area contributed by atoms with Crippen LogP contribution >= 0.6 is 0 Å². The van der Waals surface area contributed by atoms with E-state index >= 15 is 0 Å². The summed E-state index contributed by atoms with van der Waals surface area (Å²) < 4.78 is 30.5. The summed E-state index contributed by atoms with van der Waals surface area (Å²) in [7, 11) is 0. The van der Waals surface area contributed by atoms with Crippen LogP contribution in [-0.4, -0.2) is 14.5 Å². The standard InChI is InChI=1S/C30H29F2N3O/c1-18-7-8-22-16-24(20-11-13-21(14-12-20)28-25(31)5-2-6-26(28)32)30(36)35(29(22)34-18)17-27-23(19-9-10-19)4-3-15-33-27/h2-8,15-16,19-21H,9-14,17H2,1H3. The van der Waals surface area contributed by atoms with Gasteiger partial charge in [-0.3, -0.25) is 14.3 Å². The van der Waals surface area contributed by atoms with Crippen LogP contribution in [0.1, 0.15) is 84.4 Å². The van der Waals surface area contributed by atoms with Gasteiger partial charge in [0.25, 0.3) is 5.56 Å². The van der Waals surface area contributed by atoms with Crippen LogP contribution in [0.2, 0.25) is 0 Å². The number of fused-ring (bicyclic) bond motifs is 1. The van der Waals surface area contributed by atoms with Gasteiger partial charge < -0.3 is 0 Å². The van der Waals surface area contributed by atoms with Gasteiger partial charge in [0.15, 0.2) is 0 Å². The average molecular weight is 486 g/mol. The number of benzene rings is 1. The molecule has 184 valence electrons. The summed E-state index contributed by atoms with van der Waals surface area (Å²) in [6, 6.07) is 14.1. The van der Waals surface area contributed by atoms with Gasteiger partial charge in [-0.2, -0.15) is 0 Å². The Labute approximate surface area is 209 Å². The maximum Gasteiger partial charge on any atom is 0.256 e. The molecule has 4 nitrogen and oxygen atoms in total. The summed E-state index contributed by atoms with van der Waals surface area (Å²) in [4.78, 5) is 23.3. The SMILES string of the molecule is Cc1ccc2cc(C3CCC(c4c(F)cccc4F)CC3)c(=O)n(Cc3ncccc3C3CC3)c2n1. The van der Waals surface area contributed by atoms with Crippen molar-refractivity contribution in [2.24, 2.45) is 0 Å². The van der Waals surface area contributed by atoms with Gasteiger partial charge >= 0.3 is 0 Å². The molecule has 6 heteroatoms. The van der Waals surface area contributed by atoms with Crippen molar-refractivity contribution in [3.63, 3.8) is 0 Å². The number of halogens is 2. The van der Waals surface area contributed by atoms with E-state index < -0.39 is 11.6 Å². The highest BCUT2D eigenvalue weighted by molar-refractivity contribution is 5.76. The molecule has 2 saturated carbocycles. The molecule has 0 saturated heterocycles. The van der Waals surface area contributed by atoms with Crippen molar-refractivity contribution < 1.29 is 8.78 Å². The van der Waals surface area contributed by atoms with Crippen molar-refractivity contribution in [1.82, 2.24) is 14.5 Å². The van der Waals surface area contributed by atoms with Crippen molar-refractivity contribution in [3.8, 4) is 0 Å². The van der Waals surface area contributed by atoms with Crippen LogP contribution in [0.25, 0.3) is 11.0 Å². The molecular weight excluding hydrogens is 456 g/mol. The molecule has 0 radical (unpaired) electrons. The molecule has 4 aromatic rings. The topological polar surface area (TPSA) is 47.8 Å². The number of nitrogens with zero attached hydrogens (tertiary/aromatic N) is 3. The number of hydrogen-bond donors (Lipinski definition) is 0. The minimum atomic E-state index is -0.477. The van der Waals surface area contributed by atoms with Gasteiger partial charge in [0.05, 0.1) is 12.2 Å². The van der Waals surface area contributed by atoms with Crippen molar-refractivity contribution in [2.45, 2.75) is 69.7 Å². The molecule has 36 heavy (non-hydrogen) atoms. The first-order valence-corrected chi connectivity index (χ1v) is 12.9. The third kappa shape index (κ3) is 4.23. The van der Waals surface area contributed by atoms with E-state index in [0.29, 0.717) is 31.0 Å². The molecular formula is C30H29F2N3O. The maximum atomic E-state index is 14.4. The number of aryl methyl sites for hydroxylation is 1. The summed E-state index contributed by atoms with van der Waals surface area (Å²) >= 11 is 0. The molecule has 0 aliphatic heterocycles. The highest BCUT2D eigenvalue weighted by Gasteiger charge is 2.30. The third-order valence-electron chi connectivity index (χ3n) is 7.93. The lowest BCUT2D eigenvalue weighted by Crippen LogP contribution is -2.29. The Balaban J connectivity index is 1.36. The lowest BCUT2D eigenvalue weighted by molar-refractivity contribution is 0.374. The molecule has 3 heterocycles.